The van der Waals surface area contributed by atoms with E-state index in [4.69, 9.17) is 11.6 Å². The van der Waals surface area contributed by atoms with Gasteiger partial charge in [0.15, 0.2) is 0 Å². The van der Waals surface area contributed by atoms with Crippen molar-refractivity contribution >= 4 is 11.6 Å². The van der Waals surface area contributed by atoms with Crippen LogP contribution in [0.25, 0.3) is 0 Å². The summed E-state index contributed by atoms with van der Waals surface area (Å²) in [7, 11) is 0. The summed E-state index contributed by atoms with van der Waals surface area (Å²) in [5.41, 5.74) is 1.99. The summed E-state index contributed by atoms with van der Waals surface area (Å²) in [6.07, 6.45) is 2.58. The third-order valence-electron chi connectivity index (χ3n) is 1.39. The zero-order valence-electron chi connectivity index (χ0n) is 5.82. The van der Waals surface area contributed by atoms with Gasteiger partial charge in [-0.3, -0.25) is 5.10 Å². The van der Waals surface area contributed by atoms with E-state index in [2.05, 4.69) is 16.8 Å². The normalized spacial score (nSPS) is 9.80. The number of halogens is 1. The van der Waals surface area contributed by atoms with E-state index in [1.54, 1.807) is 6.08 Å². The molecule has 54 valence electrons. The highest BCUT2D eigenvalue weighted by molar-refractivity contribution is 6.30. The van der Waals surface area contributed by atoms with Crippen molar-refractivity contribution in [3.05, 3.63) is 29.1 Å². The van der Waals surface area contributed by atoms with Gasteiger partial charge in [-0.1, -0.05) is 17.7 Å². The number of hydrogen-bond donors (Lipinski definition) is 1. The molecule has 2 nitrogen and oxygen atoms in total. The SMILES string of the molecule is C=CCc1n[nH]c(Cl)c1C. The van der Waals surface area contributed by atoms with E-state index in [-0.39, 0.29) is 0 Å². The van der Waals surface area contributed by atoms with Crippen LogP contribution in [0.3, 0.4) is 0 Å². The van der Waals surface area contributed by atoms with Crippen LogP contribution in [-0.2, 0) is 6.42 Å². The van der Waals surface area contributed by atoms with Crippen molar-refractivity contribution in [2.45, 2.75) is 13.3 Å². The van der Waals surface area contributed by atoms with E-state index in [1.807, 2.05) is 6.92 Å². The Bertz CT molecular complexity index is 240. The molecule has 0 unspecified atom stereocenters. The summed E-state index contributed by atoms with van der Waals surface area (Å²) in [6, 6.07) is 0. The lowest BCUT2D eigenvalue weighted by Crippen LogP contribution is -1.82. The van der Waals surface area contributed by atoms with E-state index in [9.17, 15) is 0 Å². The van der Waals surface area contributed by atoms with E-state index >= 15 is 0 Å². The minimum absolute atomic E-state index is 0.622. The van der Waals surface area contributed by atoms with Crippen LogP contribution in [-0.4, -0.2) is 10.2 Å². The number of nitrogens with one attached hydrogen (secondary N) is 1. The predicted octanol–water partition coefficient (Wildman–Crippen LogP) is 2.10. The molecular weight excluding hydrogens is 148 g/mol. The molecule has 0 aromatic carbocycles. The van der Waals surface area contributed by atoms with Crippen LogP contribution in [0.5, 0.6) is 0 Å². The van der Waals surface area contributed by atoms with Gasteiger partial charge in [-0.05, 0) is 6.92 Å². The van der Waals surface area contributed by atoms with E-state index in [0.29, 0.717) is 5.15 Å². The number of rotatable bonds is 2. The quantitative estimate of drug-likeness (QED) is 0.653. The highest BCUT2D eigenvalue weighted by Crippen LogP contribution is 2.14. The van der Waals surface area contributed by atoms with Crippen LogP contribution in [0, 0.1) is 6.92 Å². The average Bonchev–Trinajstić information content (AvgIpc) is 2.20. The molecule has 0 aliphatic heterocycles. The minimum Gasteiger partial charge on any atom is -0.267 e. The Morgan fingerprint density at radius 3 is 2.90 bits per heavy atom. The molecule has 1 rings (SSSR count). The second-order valence-electron chi connectivity index (χ2n) is 2.10. The summed E-state index contributed by atoms with van der Waals surface area (Å²) in [6.45, 7) is 5.54. The molecule has 1 aromatic rings. The van der Waals surface area contributed by atoms with Crippen molar-refractivity contribution in [1.82, 2.24) is 10.2 Å². The third kappa shape index (κ3) is 1.21. The maximum atomic E-state index is 5.71. The van der Waals surface area contributed by atoms with Crippen molar-refractivity contribution in [3.8, 4) is 0 Å². The number of hydrogen-bond acceptors (Lipinski definition) is 1. The van der Waals surface area contributed by atoms with Crippen LogP contribution in [0.4, 0.5) is 0 Å². The van der Waals surface area contributed by atoms with Gasteiger partial charge in [-0.2, -0.15) is 5.10 Å². The Morgan fingerprint density at radius 1 is 1.80 bits per heavy atom. The summed E-state index contributed by atoms with van der Waals surface area (Å²) in [4.78, 5) is 0. The van der Waals surface area contributed by atoms with Gasteiger partial charge in [-0.25, -0.2) is 0 Å². The molecule has 0 fully saturated rings. The Morgan fingerprint density at radius 2 is 2.50 bits per heavy atom. The Labute approximate surface area is 64.9 Å². The fourth-order valence-electron chi connectivity index (χ4n) is 0.746. The second-order valence-corrected chi connectivity index (χ2v) is 2.48. The first-order valence-corrected chi connectivity index (χ1v) is 3.43. The molecule has 0 spiro atoms. The van der Waals surface area contributed by atoms with Gasteiger partial charge in [0.1, 0.15) is 5.15 Å². The molecule has 0 saturated heterocycles. The smallest absolute Gasteiger partial charge is 0.127 e. The van der Waals surface area contributed by atoms with E-state index in [0.717, 1.165) is 17.7 Å². The summed E-state index contributed by atoms with van der Waals surface area (Å²) in [5, 5.41) is 7.29. The first-order valence-electron chi connectivity index (χ1n) is 3.06. The molecule has 0 bridgehead atoms. The second kappa shape index (κ2) is 2.88. The van der Waals surface area contributed by atoms with Gasteiger partial charge in [0.05, 0.1) is 5.69 Å². The van der Waals surface area contributed by atoms with Gasteiger partial charge < -0.3 is 0 Å². The molecule has 0 saturated carbocycles. The highest BCUT2D eigenvalue weighted by Gasteiger charge is 2.03. The fourth-order valence-corrected chi connectivity index (χ4v) is 0.898. The molecule has 0 aliphatic rings. The lowest BCUT2D eigenvalue weighted by molar-refractivity contribution is 1.01. The van der Waals surface area contributed by atoms with Gasteiger partial charge >= 0.3 is 0 Å². The standard InChI is InChI=1S/C7H9ClN2/c1-3-4-6-5(2)7(8)10-9-6/h3H,1,4H2,2H3,(H,9,10). The lowest BCUT2D eigenvalue weighted by atomic mass is 10.2. The number of H-pyrrole nitrogens is 1. The van der Waals surface area contributed by atoms with Gasteiger partial charge in [-0.15, -0.1) is 6.58 Å². The Kier molecular flexibility index (Phi) is 2.12. The number of aromatic amines is 1. The van der Waals surface area contributed by atoms with Crippen LogP contribution in [0.15, 0.2) is 12.7 Å². The van der Waals surface area contributed by atoms with E-state index < -0.39 is 0 Å². The highest BCUT2D eigenvalue weighted by atomic mass is 35.5. The van der Waals surface area contributed by atoms with Gasteiger partial charge in [0.25, 0.3) is 0 Å². The number of nitrogens with zero attached hydrogens (tertiary/aromatic N) is 1. The largest absolute Gasteiger partial charge is 0.267 e. The van der Waals surface area contributed by atoms with Crippen molar-refractivity contribution in [2.24, 2.45) is 0 Å². The van der Waals surface area contributed by atoms with Crippen molar-refractivity contribution in [3.63, 3.8) is 0 Å². The molecular formula is C7H9ClN2. The molecule has 1 aromatic heterocycles. The first-order chi connectivity index (χ1) is 4.75. The minimum atomic E-state index is 0.622. The van der Waals surface area contributed by atoms with E-state index in [1.165, 1.54) is 0 Å². The zero-order chi connectivity index (χ0) is 7.56. The maximum absolute atomic E-state index is 5.71. The lowest BCUT2D eigenvalue weighted by Gasteiger charge is -1.88. The molecule has 0 amide bonds. The fraction of sp³-hybridized carbons (Fsp3) is 0.286. The zero-order valence-corrected chi connectivity index (χ0v) is 6.57. The number of aromatic nitrogens is 2. The summed E-state index contributed by atoms with van der Waals surface area (Å²) >= 11 is 5.71. The van der Waals surface area contributed by atoms with Crippen LogP contribution in [0.2, 0.25) is 5.15 Å². The molecule has 1 heterocycles. The van der Waals surface area contributed by atoms with Crippen molar-refractivity contribution in [2.75, 3.05) is 0 Å². The van der Waals surface area contributed by atoms with Gasteiger partial charge in [0.2, 0.25) is 0 Å². The average molecular weight is 157 g/mol. The predicted molar refractivity (Wildman–Crippen MR) is 42.2 cm³/mol. The number of allylic oxidation sites excluding steroid dienone is 1. The molecule has 0 radical (unpaired) electrons. The molecule has 0 aliphatic carbocycles. The summed E-state index contributed by atoms with van der Waals surface area (Å²) < 4.78 is 0. The monoisotopic (exact) mass is 156 g/mol. The van der Waals surface area contributed by atoms with Crippen LogP contribution in [0.1, 0.15) is 11.3 Å². The Hall–Kier alpha value is -0.760. The van der Waals surface area contributed by atoms with Gasteiger partial charge in [0, 0.05) is 12.0 Å². The molecule has 10 heavy (non-hydrogen) atoms. The van der Waals surface area contributed by atoms with Crippen LogP contribution < -0.4 is 0 Å². The maximum Gasteiger partial charge on any atom is 0.127 e. The molecule has 0 atom stereocenters. The first kappa shape index (κ1) is 7.35. The molecule has 3 heteroatoms. The van der Waals surface area contributed by atoms with Crippen molar-refractivity contribution in [1.29, 1.82) is 0 Å². The summed E-state index contributed by atoms with van der Waals surface area (Å²) in [5.74, 6) is 0. The Balaban J connectivity index is 2.93. The third-order valence-corrected chi connectivity index (χ3v) is 1.76. The topological polar surface area (TPSA) is 28.7 Å². The molecule has 1 N–H and O–H groups in total. The van der Waals surface area contributed by atoms with Crippen molar-refractivity contribution < 1.29 is 0 Å². The van der Waals surface area contributed by atoms with Crippen LogP contribution >= 0.6 is 11.6 Å².